The maximum atomic E-state index is 11.9. The summed E-state index contributed by atoms with van der Waals surface area (Å²) in [6.45, 7) is 1.44. The van der Waals surface area contributed by atoms with Crippen molar-refractivity contribution >= 4 is 171 Å². The fourth-order valence-corrected chi connectivity index (χ4v) is 5.41. The van der Waals surface area contributed by atoms with Crippen LogP contribution in [-0.2, 0) is 30.4 Å². The second kappa shape index (κ2) is 15.4. The van der Waals surface area contributed by atoms with Crippen molar-refractivity contribution in [1.82, 2.24) is 0 Å². The number of anilines is 2. The van der Waals surface area contributed by atoms with Crippen LogP contribution in [0, 0.1) is 12.3 Å². The summed E-state index contributed by atoms with van der Waals surface area (Å²) in [5.74, 6) is 0. The first-order valence-electron chi connectivity index (χ1n) is 9.37. The van der Waals surface area contributed by atoms with Gasteiger partial charge in [-0.05, 0) is 71.2 Å². The van der Waals surface area contributed by atoms with Crippen LogP contribution in [0.4, 0.5) is 11.4 Å². The third kappa shape index (κ3) is 9.84. The first-order chi connectivity index (χ1) is 15.9. The van der Waals surface area contributed by atoms with Gasteiger partial charge in [-0.2, -0.15) is 25.3 Å². The molecule has 0 unspecified atom stereocenters. The SMILES string of the molecule is Cc1cc(/C(=C2/C=CC(=N)C(S(=O)(=O)O)=C2)c2ccc(N)c(S(=O)(=O)O)c2)cc(S(=O)(=O)O)c1N.[NaH].[NaH].[NaH].[NaH]. The van der Waals surface area contributed by atoms with Gasteiger partial charge >= 0.3 is 118 Å². The van der Waals surface area contributed by atoms with Gasteiger partial charge in [0, 0.05) is 0 Å². The molecule has 1 aliphatic carbocycles. The number of hydrogen-bond donors (Lipinski definition) is 6. The first kappa shape index (κ1) is 41.8. The van der Waals surface area contributed by atoms with E-state index < -0.39 is 50.8 Å². The number of nitrogen functional groups attached to an aromatic ring is 2. The molecule has 0 aliphatic heterocycles. The quantitative estimate of drug-likeness (QED) is 0.135. The molecule has 1 aliphatic rings. The molecule has 0 fully saturated rings. The molecule has 12 nitrogen and oxygen atoms in total. The Balaban J connectivity index is 0. The normalized spacial score (nSPS) is 14.6. The fraction of sp³-hybridized carbons (Fsp3) is 0.0500. The molecule has 8 N–H and O–H groups in total. The van der Waals surface area contributed by atoms with Crippen molar-refractivity contribution in [1.29, 1.82) is 5.41 Å². The molecule has 39 heavy (non-hydrogen) atoms. The van der Waals surface area contributed by atoms with Gasteiger partial charge in [0.1, 0.15) is 14.7 Å². The second-order valence-corrected chi connectivity index (χ2v) is 11.6. The zero-order valence-corrected chi connectivity index (χ0v) is 20.2. The molecule has 0 atom stereocenters. The van der Waals surface area contributed by atoms with E-state index in [-0.39, 0.29) is 157 Å². The Morgan fingerprint density at radius 1 is 0.744 bits per heavy atom. The third-order valence-electron chi connectivity index (χ3n) is 5.04. The summed E-state index contributed by atoms with van der Waals surface area (Å²) >= 11 is 0. The molecule has 0 bridgehead atoms. The fourth-order valence-electron chi connectivity index (χ4n) is 3.43. The first-order valence-corrected chi connectivity index (χ1v) is 13.7. The molecule has 19 heteroatoms. The van der Waals surface area contributed by atoms with Crippen molar-refractivity contribution in [3.63, 3.8) is 0 Å². The average Bonchev–Trinajstić information content (AvgIpc) is 2.70. The van der Waals surface area contributed by atoms with Gasteiger partial charge in [-0.3, -0.25) is 19.1 Å². The molecular formula is C20H23N3Na4O9S3. The van der Waals surface area contributed by atoms with Crippen LogP contribution in [-0.4, -0.2) is 163 Å². The van der Waals surface area contributed by atoms with Crippen molar-refractivity contribution in [3.05, 3.63) is 75.7 Å². The summed E-state index contributed by atoms with van der Waals surface area (Å²) < 4.78 is 99.7. The number of nitrogens with one attached hydrogen (secondary N) is 1. The standard InChI is InChI=1S/C20H19N3O9S3.4Na.4H/c1-10-6-13(9-18(20(10)23)35(30,31)32)19(11-2-4-14(21)16(7-11)33(24,25)26)12-3-5-15(22)17(8-12)34(27,28)29;;;;;;;;/h2-9,21H,22-23H2,1H3,(H,24,25,26)(H,27,28,29)(H,30,31,32);;;;;;;;/b19-11-,21-14?;;;;;;;;. The molecular weight excluding hydrogens is 614 g/mol. The molecule has 0 saturated heterocycles. The van der Waals surface area contributed by atoms with E-state index in [0.29, 0.717) is 0 Å². The number of nitrogens with two attached hydrogens (primary N) is 2. The van der Waals surface area contributed by atoms with E-state index in [2.05, 4.69) is 0 Å². The van der Waals surface area contributed by atoms with Gasteiger partial charge in [0.25, 0.3) is 30.4 Å². The predicted octanol–water partition coefficient (Wildman–Crippen LogP) is -0.778. The van der Waals surface area contributed by atoms with E-state index in [9.17, 15) is 38.9 Å². The second-order valence-electron chi connectivity index (χ2n) is 7.47. The molecule has 194 valence electrons. The Bertz CT molecular complexity index is 1720. The number of aryl methyl sites for hydroxylation is 1. The van der Waals surface area contributed by atoms with Crippen LogP contribution in [0.15, 0.2) is 68.8 Å². The van der Waals surface area contributed by atoms with Gasteiger partial charge < -0.3 is 11.5 Å². The number of allylic oxidation sites excluding steroid dienone is 5. The van der Waals surface area contributed by atoms with Crippen molar-refractivity contribution in [2.75, 3.05) is 11.5 Å². The molecule has 2 aromatic carbocycles. The molecule has 0 radical (unpaired) electrons. The van der Waals surface area contributed by atoms with E-state index in [0.717, 1.165) is 30.4 Å². The monoisotopic (exact) mass is 637 g/mol. The Morgan fingerprint density at radius 2 is 1.26 bits per heavy atom. The summed E-state index contributed by atoms with van der Waals surface area (Å²) in [4.78, 5) is -2.12. The summed E-state index contributed by atoms with van der Waals surface area (Å²) in [6.07, 6.45) is 3.25. The van der Waals surface area contributed by atoms with Gasteiger partial charge in [-0.25, -0.2) is 0 Å². The van der Waals surface area contributed by atoms with Crippen molar-refractivity contribution < 1.29 is 38.9 Å². The van der Waals surface area contributed by atoms with Gasteiger partial charge in [0.05, 0.1) is 17.1 Å². The van der Waals surface area contributed by atoms with E-state index in [1.165, 1.54) is 25.1 Å². The summed E-state index contributed by atoms with van der Waals surface area (Å²) in [5, 5.41) is 7.79. The van der Waals surface area contributed by atoms with Crippen molar-refractivity contribution in [3.8, 4) is 0 Å². The Hall–Kier alpha value is 0.660. The van der Waals surface area contributed by atoms with Gasteiger partial charge in [-0.15, -0.1) is 0 Å². The molecule has 0 heterocycles. The predicted molar refractivity (Wildman–Crippen MR) is 157 cm³/mol. The van der Waals surface area contributed by atoms with Gasteiger partial charge in [0.2, 0.25) is 0 Å². The third-order valence-corrected chi connectivity index (χ3v) is 7.74. The average molecular weight is 638 g/mol. The molecule has 0 amide bonds. The summed E-state index contributed by atoms with van der Waals surface area (Å²) in [5.41, 5.74) is 10.6. The summed E-state index contributed by atoms with van der Waals surface area (Å²) in [7, 11) is -14.5. The summed E-state index contributed by atoms with van der Waals surface area (Å²) in [6, 6.07) is 5.82. The van der Waals surface area contributed by atoms with E-state index in [1.807, 2.05) is 0 Å². The van der Waals surface area contributed by atoms with Crippen LogP contribution in [0.2, 0.25) is 0 Å². The van der Waals surface area contributed by atoms with Crippen LogP contribution in [0.3, 0.4) is 0 Å². The Morgan fingerprint density at radius 3 is 1.74 bits per heavy atom. The molecule has 0 aromatic heterocycles. The van der Waals surface area contributed by atoms with Crippen LogP contribution in [0.25, 0.3) is 5.57 Å². The van der Waals surface area contributed by atoms with Gasteiger partial charge in [-0.1, -0.05) is 12.1 Å². The van der Waals surface area contributed by atoms with E-state index in [4.69, 9.17) is 16.9 Å². The molecule has 0 spiro atoms. The zero-order valence-electron chi connectivity index (χ0n) is 17.8. The topological polar surface area (TPSA) is 239 Å². The minimum atomic E-state index is -4.85. The number of rotatable bonds is 5. The van der Waals surface area contributed by atoms with Gasteiger partial charge in [0.15, 0.2) is 0 Å². The molecule has 2 aromatic rings. The van der Waals surface area contributed by atoms with Crippen molar-refractivity contribution in [2.24, 2.45) is 0 Å². The number of hydrogen-bond acceptors (Lipinski definition) is 9. The van der Waals surface area contributed by atoms with Crippen LogP contribution in [0.5, 0.6) is 0 Å². The molecule has 0 saturated carbocycles. The number of benzene rings is 2. The molecule has 3 rings (SSSR count). The Kier molecular flexibility index (Phi) is 16.5. The zero-order chi connectivity index (χ0) is 26.5. The van der Waals surface area contributed by atoms with Crippen molar-refractivity contribution in [2.45, 2.75) is 16.7 Å². The Labute approximate surface area is 314 Å². The van der Waals surface area contributed by atoms with E-state index in [1.54, 1.807) is 0 Å². The minimum absolute atomic E-state index is 0. The van der Waals surface area contributed by atoms with Crippen LogP contribution >= 0.6 is 0 Å². The van der Waals surface area contributed by atoms with Crippen LogP contribution < -0.4 is 11.5 Å². The maximum absolute atomic E-state index is 11.9. The van der Waals surface area contributed by atoms with Crippen LogP contribution in [0.1, 0.15) is 16.7 Å². The van der Waals surface area contributed by atoms with E-state index >= 15 is 0 Å².